The fraction of sp³-hybridized carbons (Fsp3) is 0.0417. The maximum absolute atomic E-state index is 5.03. The zero-order valence-electron chi connectivity index (χ0n) is 30.1. The van der Waals surface area contributed by atoms with Gasteiger partial charge in [0.05, 0.1) is 16.7 Å². The number of nitrogens with zero attached hydrogens (tertiary/aromatic N) is 3. The van der Waals surface area contributed by atoms with E-state index >= 15 is 0 Å². The molecular weight excluding hydrogens is 707 g/mol. The number of aromatic nitrogens is 3. The topological polar surface area (TPSA) is 30.7 Å². The first-order chi connectivity index (χ1) is 26.5. The normalized spacial score (nSPS) is 13.4. The van der Waals surface area contributed by atoms with Crippen molar-refractivity contribution in [3.8, 4) is 17.1 Å². The molecule has 6 aromatic carbocycles. The van der Waals surface area contributed by atoms with Crippen LogP contribution in [0.5, 0.6) is 0 Å². The van der Waals surface area contributed by atoms with E-state index in [0.29, 0.717) is 0 Å². The Labute approximate surface area is 322 Å². The minimum atomic E-state index is -2.91. The maximum Gasteiger partial charge on any atom is 0.179 e. The van der Waals surface area contributed by atoms with Gasteiger partial charge in [0, 0.05) is 38.5 Å². The Bertz CT molecular complexity index is 2780. The molecule has 3 aromatic heterocycles. The first-order valence-corrected chi connectivity index (χ1v) is 24.3. The van der Waals surface area contributed by atoms with Crippen molar-refractivity contribution >= 4 is 80.8 Å². The third kappa shape index (κ3) is 5.02. The number of rotatable bonds is 6. The molecule has 0 unspecified atom stereocenters. The summed E-state index contributed by atoms with van der Waals surface area (Å²) in [4.78, 5) is 12.5. The molecule has 3 nitrogen and oxygen atoms in total. The summed E-state index contributed by atoms with van der Waals surface area (Å²) in [5, 5.41) is 10.8. The van der Waals surface area contributed by atoms with E-state index in [-0.39, 0.29) is 0 Å². The quantitative estimate of drug-likeness (QED) is 0.128. The molecule has 0 amide bonds. The number of hydrogen-bond donors (Lipinski definition) is 0. The second-order valence-corrected chi connectivity index (χ2v) is 23.8. The van der Waals surface area contributed by atoms with Crippen LogP contribution in [0.15, 0.2) is 198 Å². The fourth-order valence-corrected chi connectivity index (χ4v) is 19.1. The number of fused-ring (bicyclic) bond motifs is 6. The Kier molecular flexibility index (Phi) is 7.87. The summed E-state index contributed by atoms with van der Waals surface area (Å²) in [6.07, 6.45) is 3.80. The second kappa shape index (κ2) is 13.0. The summed E-state index contributed by atoms with van der Waals surface area (Å²) < 4.78 is 2.46. The summed E-state index contributed by atoms with van der Waals surface area (Å²) in [6, 6.07) is 65.1. The fourth-order valence-electron chi connectivity index (χ4n) is 8.78. The van der Waals surface area contributed by atoms with Crippen LogP contribution >= 0.6 is 11.8 Å². The van der Waals surface area contributed by atoms with Crippen LogP contribution in [0.3, 0.4) is 0 Å². The maximum atomic E-state index is 5.03. The standard InChI is InChI=1S/C48H37N3SSi2/c1-53(2)44-24-10-9-23-43(44)52-48-45(53)29-28-40-39-27-26-38(33-42(39)51(47(40)48)46-25-12-14-31-50-46)54(35-17-5-3-6-18-35,36-19-7-4-8-20-36)37-21-15-16-34(32-37)41-22-11-13-30-49-41/h3-33H,1-2H3. The van der Waals surface area contributed by atoms with E-state index in [4.69, 9.17) is 9.97 Å². The van der Waals surface area contributed by atoms with Crippen LogP contribution in [0.25, 0.3) is 38.9 Å². The van der Waals surface area contributed by atoms with Gasteiger partial charge in [-0.3, -0.25) is 9.55 Å². The summed E-state index contributed by atoms with van der Waals surface area (Å²) in [5.41, 5.74) is 4.53. The van der Waals surface area contributed by atoms with Crippen LogP contribution in [-0.4, -0.2) is 30.7 Å². The number of hydrogen-bond acceptors (Lipinski definition) is 3. The molecule has 0 radical (unpaired) electrons. The van der Waals surface area contributed by atoms with E-state index in [2.05, 4.69) is 181 Å². The van der Waals surface area contributed by atoms with E-state index in [0.717, 1.165) is 17.1 Å². The van der Waals surface area contributed by atoms with Crippen molar-refractivity contribution in [2.24, 2.45) is 0 Å². The van der Waals surface area contributed by atoms with Gasteiger partial charge in [-0.15, -0.1) is 0 Å². The van der Waals surface area contributed by atoms with Crippen LogP contribution in [0.4, 0.5) is 0 Å². The van der Waals surface area contributed by atoms with E-state index < -0.39 is 16.1 Å². The molecule has 1 aliphatic rings. The molecule has 258 valence electrons. The largest absolute Gasteiger partial charge is 0.293 e. The molecule has 0 fully saturated rings. The van der Waals surface area contributed by atoms with Gasteiger partial charge in [-0.1, -0.05) is 164 Å². The summed E-state index contributed by atoms with van der Waals surface area (Å²) >= 11 is 1.93. The average Bonchev–Trinajstić information content (AvgIpc) is 3.57. The van der Waals surface area contributed by atoms with Crippen molar-refractivity contribution in [1.29, 1.82) is 0 Å². The molecule has 1 aliphatic heterocycles. The van der Waals surface area contributed by atoms with Crippen molar-refractivity contribution in [3.05, 3.63) is 188 Å². The van der Waals surface area contributed by atoms with Crippen LogP contribution in [0, 0.1) is 0 Å². The minimum Gasteiger partial charge on any atom is -0.293 e. The smallest absolute Gasteiger partial charge is 0.179 e. The highest BCUT2D eigenvalue weighted by Crippen LogP contribution is 2.42. The highest BCUT2D eigenvalue weighted by atomic mass is 32.2. The zero-order valence-corrected chi connectivity index (χ0v) is 33.0. The Morgan fingerprint density at radius 2 is 1.17 bits per heavy atom. The molecule has 9 aromatic rings. The lowest BCUT2D eigenvalue weighted by atomic mass is 10.1. The summed E-state index contributed by atoms with van der Waals surface area (Å²) in [7, 11) is -4.89. The van der Waals surface area contributed by atoms with E-state index in [1.54, 1.807) is 0 Å². The van der Waals surface area contributed by atoms with Gasteiger partial charge in [-0.2, -0.15) is 0 Å². The summed E-state index contributed by atoms with van der Waals surface area (Å²) in [5.74, 6) is 0.936. The van der Waals surface area contributed by atoms with Crippen LogP contribution < -0.4 is 31.1 Å². The first kappa shape index (κ1) is 32.8. The molecule has 0 saturated carbocycles. The monoisotopic (exact) mass is 743 g/mol. The molecule has 6 heteroatoms. The highest BCUT2D eigenvalue weighted by molar-refractivity contribution is 8.00. The van der Waals surface area contributed by atoms with Crippen molar-refractivity contribution in [2.45, 2.75) is 22.9 Å². The molecule has 0 N–H and O–H groups in total. The molecule has 0 bridgehead atoms. The van der Waals surface area contributed by atoms with Crippen molar-refractivity contribution in [2.75, 3.05) is 0 Å². The van der Waals surface area contributed by atoms with Gasteiger partial charge < -0.3 is 0 Å². The Hall–Kier alpha value is -5.80. The SMILES string of the molecule is C[Si]1(C)c2ccccc2Sc2c1ccc1c3ccc([Si](c4ccccc4)(c4ccccc4)c4cccc(-c5ccccn5)c4)cc3n(-c3ccccn3)c21. The number of pyridine rings is 2. The van der Waals surface area contributed by atoms with Crippen LogP contribution in [-0.2, 0) is 0 Å². The molecule has 10 rings (SSSR count). The third-order valence-electron chi connectivity index (χ3n) is 11.3. The predicted octanol–water partition coefficient (Wildman–Crippen LogP) is 7.91. The van der Waals surface area contributed by atoms with Gasteiger partial charge in [0.25, 0.3) is 0 Å². The zero-order chi connectivity index (χ0) is 36.3. The number of benzene rings is 6. The molecule has 54 heavy (non-hydrogen) atoms. The third-order valence-corrected chi connectivity index (χ3v) is 21.2. The van der Waals surface area contributed by atoms with Gasteiger partial charge in [-0.25, -0.2) is 4.98 Å². The van der Waals surface area contributed by atoms with E-state index in [1.807, 2.05) is 36.3 Å². The predicted molar refractivity (Wildman–Crippen MR) is 233 cm³/mol. The van der Waals surface area contributed by atoms with E-state index in [9.17, 15) is 0 Å². The molecule has 4 heterocycles. The second-order valence-electron chi connectivity index (χ2n) is 14.6. The molecular formula is C48H37N3SSi2. The Morgan fingerprint density at radius 3 is 1.89 bits per heavy atom. The lowest BCUT2D eigenvalue weighted by molar-refractivity contribution is 1.07. The van der Waals surface area contributed by atoms with Crippen LogP contribution in [0.2, 0.25) is 13.1 Å². The van der Waals surface area contributed by atoms with E-state index in [1.165, 1.54) is 62.7 Å². The Balaban J connectivity index is 1.32. The lowest BCUT2D eigenvalue weighted by Crippen LogP contribution is -2.74. The first-order valence-electron chi connectivity index (χ1n) is 18.5. The average molecular weight is 744 g/mol. The van der Waals surface area contributed by atoms with Gasteiger partial charge in [0.1, 0.15) is 13.9 Å². The van der Waals surface area contributed by atoms with Gasteiger partial charge in [-0.05, 0) is 67.5 Å². The molecule has 0 saturated heterocycles. The lowest BCUT2D eigenvalue weighted by Gasteiger charge is -2.35. The van der Waals surface area contributed by atoms with Gasteiger partial charge in [0.2, 0.25) is 0 Å². The van der Waals surface area contributed by atoms with Gasteiger partial charge >= 0.3 is 0 Å². The summed E-state index contributed by atoms with van der Waals surface area (Å²) in [6.45, 7) is 5.00. The van der Waals surface area contributed by atoms with Gasteiger partial charge in [0.15, 0.2) is 8.07 Å². The molecule has 0 aliphatic carbocycles. The Morgan fingerprint density at radius 1 is 0.519 bits per heavy atom. The van der Waals surface area contributed by atoms with Crippen molar-refractivity contribution < 1.29 is 0 Å². The minimum absolute atomic E-state index is 0.936. The van der Waals surface area contributed by atoms with Crippen molar-refractivity contribution in [3.63, 3.8) is 0 Å². The van der Waals surface area contributed by atoms with Crippen LogP contribution in [0.1, 0.15) is 0 Å². The highest BCUT2D eigenvalue weighted by Gasteiger charge is 2.42. The van der Waals surface area contributed by atoms with Crippen molar-refractivity contribution in [1.82, 2.24) is 14.5 Å². The molecule has 0 spiro atoms. The molecule has 0 atom stereocenters.